The highest BCUT2D eigenvalue weighted by molar-refractivity contribution is 5.28. The molecule has 3 aromatic carbocycles. The fourth-order valence-electron chi connectivity index (χ4n) is 3.15. The summed E-state index contributed by atoms with van der Waals surface area (Å²) in [6.45, 7) is 0.627. The fraction of sp³-hybridized carbons (Fsp3) is 0.280. The molecule has 0 heterocycles. The second-order valence-electron chi connectivity index (χ2n) is 6.82. The molecule has 0 spiro atoms. The van der Waals surface area contributed by atoms with Gasteiger partial charge < -0.3 is 4.74 Å². The van der Waals surface area contributed by atoms with Crippen molar-refractivity contribution < 1.29 is 4.74 Å². The van der Waals surface area contributed by atoms with Gasteiger partial charge in [0.05, 0.1) is 0 Å². The molecule has 0 unspecified atom stereocenters. The van der Waals surface area contributed by atoms with Crippen LogP contribution in [0.25, 0.3) is 0 Å². The highest BCUT2D eigenvalue weighted by atomic mass is 16.5. The van der Waals surface area contributed by atoms with Gasteiger partial charge in [0.15, 0.2) is 0 Å². The van der Waals surface area contributed by atoms with E-state index in [1.54, 1.807) is 0 Å². The quantitative estimate of drug-likeness (QED) is 0.376. The largest absolute Gasteiger partial charge is 0.489 e. The molecule has 0 saturated heterocycles. The normalized spacial score (nSPS) is 10.6. The van der Waals surface area contributed by atoms with Crippen LogP contribution in [0.4, 0.5) is 0 Å². The molecule has 3 aromatic rings. The second-order valence-corrected chi connectivity index (χ2v) is 6.82. The molecule has 0 aromatic heterocycles. The summed E-state index contributed by atoms with van der Waals surface area (Å²) >= 11 is 0. The molecule has 3 rings (SSSR count). The molecule has 0 aliphatic carbocycles. The van der Waals surface area contributed by atoms with Crippen LogP contribution >= 0.6 is 0 Å². The summed E-state index contributed by atoms with van der Waals surface area (Å²) in [6.07, 6.45) is 7.53. The zero-order valence-corrected chi connectivity index (χ0v) is 15.4. The van der Waals surface area contributed by atoms with Crippen molar-refractivity contribution in [2.24, 2.45) is 0 Å². The maximum absolute atomic E-state index is 5.85. The molecule has 26 heavy (non-hydrogen) atoms. The minimum absolute atomic E-state index is 0.627. The van der Waals surface area contributed by atoms with Crippen LogP contribution in [0.2, 0.25) is 0 Å². The van der Waals surface area contributed by atoms with Gasteiger partial charge in [-0.3, -0.25) is 0 Å². The van der Waals surface area contributed by atoms with Crippen LogP contribution in [-0.4, -0.2) is 0 Å². The van der Waals surface area contributed by atoms with Crippen molar-refractivity contribution in [1.82, 2.24) is 0 Å². The van der Waals surface area contributed by atoms with Crippen molar-refractivity contribution in [3.8, 4) is 5.75 Å². The van der Waals surface area contributed by atoms with Crippen LogP contribution in [0.15, 0.2) is 84.9 Å². The summed E-state index contributed by atoms with van der Waals surface area (Å²) in [4.78, 5) is 0. The van der Waals surface area contributed by atoms with E-state index in [9.17, 15) is 0 Å². The predicted octanol–water partition coefficient (Wildman–Crippen LogP) is 6.61. The lowest BCUT2D eigenvalue weighted by Crippen LogP contribution is -1.95. The first-order valence-corrected chi connectivity index (χ1v) is 9.70. The van der Waals surface area contributed by atoms with Crippen LogP contribution in [0.5, 0.6) is 5.75 Å². The first kappa shape index (κ1) is 18.3. The summed E-state index contributed by atoms with van der Waals surface area (Å²) in [6, 6.07) is 29.7. The molecular formula is C25H28O. The van der Waals surface area contributed by atoms with E-state index in [2.05, 4.69) is 66.7 Å². The van der Waals surface area contributed by atoms with E-state index in [0.717, 1.165) is 12.2 Å². The summed E-state index contributed by atoms with van der Waals surface area (Å²) in [7, 11) is 0. The van der Waals surface area contributed by atoms with Crippen LogP contribution < -0.4 is 4.74 Å². The van der Waals surface area contributed by atoms with Crippen LogP contribution in [-0.2, 0) is 19.4 Å². The van der Waals surface area contributed by atoms with Gasteiger partial charge in [0, 0.05) is 0 Å². The number of aryl methyl sites for hydroxylation is 2. The van der Waals surface area contributed by atoms with E-state index in [1.165, 1.54) is 48.8 Å². The Morgan fingerprint density at radius 3 is 1.54 bits per heavy atom. The van der Waals surface area contributed by atoms with Gasteiger partial charge >= 0.3 is 0 Å². The third-order valence-corrected chi connectivity index (χ3v) is 4.70. The number of ether oxygens (including phenoxy) is 1. The molecule has 134 valence electrons. The third-order valence-electron chi connectivity index (χ3n) is 4.70. The van der Waals surface area contributed by atoms with Gasteiger partial charge in [-0.05, 0) is 54.5 Å². The first-order valence-electron chi connectivity index (χ1n) is 9.70. The molecule has 0 aliphatic rings. The lowest BCUT2D eigenvalue weighted by molar-refractivity contribution is 0.306. The highest BCUT2D eigenvalue weighted by Gasteiger charge is 1.98. The molecule has 0 bridgehead atoms. The summed E-state index contributed by atoms with van der Waals surface area (Å²) in [5, 5.41) is 0. The molecule has 0 atom stereocenters. The molecule has 0 N–H and O–H groups in total. The van der Waals surface area contributed by atoms with E-state index in [0.29, 0.717) is 6.61 Å². The highest BCUT2D eigenvalue weighted by Crippen LogP contribution is 2.16. The molecule has 1 heteroatoms. The molecule has 0 aliphatic heterocycles. The lowest BCUT2D eigenvalue weighted by Gasteiger charge is -2.07. The van der Waals surface area contributed by atoms with Gasteiger partial charge in [0.1, 0.15) is 12.4 Å². The van der Waals surface area contributed by atoms with Crippen LogP contribution in [0.1, 0.15) is 42.4 Å². The van der Waals surface area contributed by atoms with Gasteiger partial charge in [-0.25, -0.2) is 0 Å². The smallest absolute Gasteiger partial charge is 0.119 e. The van der Waals surface area contributed by atoms with E-state index >= 15 is 0 Å². The standard InChI is InChI=1S/C25H28O/c1(5-11-22-12-7-3-8-13-22)2-6-14-23-17-19-25(20-18-23)26-21-24-15-9-4-10-16-24/h3-4,7-10,12-13,15-20H,1-2,5-6,11,14,21H2. The molecule has 0 amide bonds. The Labute approximate surface area is 157 Å². The first-order chi connectivity index (χ1) is 12.9. The topological polar surface area (TPSA) is 9.23 Å². The Morgan fingerprint density at radius 1 is 0.462 bits per heavy atom. The van der Waals surface area contributed by atoms with E-state index in [-0.39, 0.29) is 0 Å². The van der Waals surface area contributed by atoms with Gasteiger partial charge in [-0.1, -0.05) is 85.6 Å². The maximum atomic E-state index is 5.85. The minimum Gasteiger partial charge on any atom is -0.489 e. The van der Waals surface area contributed by atoms with E-state index < -0.39 is 0 Å². The van der Waals surface area contributed by atoms with Crippen molar-refractivity contribution >= 4 is 0 Å². The molecular weight excluding hydrogens is 316 g/mol. The zero-order valence-electron chi connectivity index (χ0n) is 15.4. The third kappa shape index (κ3) is 6.40. The molecule has 0 fully saturated rings. The monoisotopic (exact) mass is 344 g/mol. The van der Waals surface area contributed by atoms with E-state index in [1.807, 2.05) is 18.2 Å². The zero-order chi connectivity index (χ0) is 17.9. The van der Waals surface area contributed by atoms with Crippen molar-refractivity contribution in [1.29, 1.82) is 0 Å². The number of unbranched alkanes of at least 4 members (excludes halogenated alkanes) is 3. The Balaban J connectivity index is 1.30. The fourth-order valence-corrected chi connectivity index (χ4v) is 3.15. The SMILES string of the molecule is c1ccc(CCCCCCc2ccc(OCc3ccccc3)cc2)cc1. The average molecular weight is 344 g/mol. The van der Waals surface area contributed by atoms with Gasteiger partial charge in [-0.2, -0.15) is 0 Å². The number of benzene rings is 3. The van der Waals surface area contributed by atoms with Crippen LogP contribution in [0.3, 0.4) is 0 Å². The number of hydrogen-bond acceptors (Lipinski definition) is 1. The molecule has 1 nitrogen and oxygen atoms in total. The Kier molecular flexibility index (Phi) is 7.34. The Morgan fingerprint density at radius 2 is 0.962 bits per heavy atom. The lowest BCUT2D eigenvalue weighted by atomic mass is 10.0. The summed E-state index contributed by atoms with van der Waals surface area (Å²) in [5.41, 5.74) is 4.06. The average Bonchev–Trinajstić information content (AvgIpc) is 2.71. The van der Waals surface area contributed by atoms with Crippen molar-refractivity contribution in [3.63, 3.8) is 0 Å². The Hall–Kier alpha value is -2.54. The van der Waals surface area contributed by atoms with Gasteiger partial charge in [0.2, 0.25) is 0 Å². The minimum atomic E-state index is 0.627. The van der Waals surface area contributed by atoms with Gasteiger partial charge in [-0.15, -0.1) is 0 Å². The maximum Gasteiger partial charge on any atom is 0.119 e. The van der Waals surface area contributed by atoms with Crippen LogP contribution in [0, 0.1) is 0 Å². The summed E-state index contributed by atoms with van der Waals surface area (Å²) in [5.74, 6) is 0.945. The Bertz CT molecular complexity index is 732. The van der Waals surface area contributed by atoms with Crippen molar-refractivity contribution in [3.05, 3.63) is 102 Å². The second kappa shape index (κ2) is 10.5. The predicted molar refractivity (Wildman–Crippen MR) is 110 cm³/mol. The van der Waals surface area contributed by atoms with E-state index in [4.69, 9.17) is 4.74 Å². The van der Waals surface area contributed by atoms with Crippen molar-refractivity contribution in [2.75, 3.05) is 0 Å². The number of rotatable bonds is 10. The molecule has 0 saturated carbocycles. The van der Waals surface area contributed by atoms with Crippen molar-refractivity contribution in [2.45, 2.75) is 45.1 Å². The van der Waals surface area contributed by atoms with Gasteiger partial charge in [0.25, 0.3) is 0 Å². The number of hydrogen-bond donors (Lipinski definition) is 0. The summed E-state index contributed by atoms with van der Waals surface area (Å²) < 4.78 is 5.85. The molecule has 0 radical (unpaired) electrons.